The molecule has 1 amide bonds. The molecule has 1 atom stereocenters. The summed E-state index contributed by atoms with van der Waals surface area (Å²) in [5, 5.41) is 3.21. The molecule has 0 aromatic carbocycles. The lowest BCUT2D eigenvalue weighted by atomic mass is 10.1. The van der Waals surface area contributed by atoms with E-state index in [0.717, 1.165) is 56.0 Å². The molecule has 1 aliphatic heterocycles. The number of pyridine rings is 1. The first-order chi connectivity index (χ1) is 9.67. The van der Waals surface area contributed by atoms with Gasteiger partial charge in [-0.3, -0.25) is 4.79 Å². The normalized spacial score (nSPS) is 18.4. The van der Waals surface area contributed by atoms with Gasteiger partial charge in [0.2, 0.25) is 0 Å². The molecule has 0 saturated carbocycles. The molecular weight excluding hydrogens is 250 g/mol. The third-order valence-electron chi connectivity index (χ3n) is 4.00. The Bertz CT molecular complexity index is 473. The van der Waals surface area contributed by atoms with Crippen molar-refractivity contribution >= 4 is 11.7 Å². The van der Waals surface area contributed by atoms with Gasteiger partial charge >= 0.3 is 0 Å². The Morgan fingerprint density at radius 2 is 2.20 bits per heavy atom. The van der Waals surface area contributed by atoms with Gasteiger partial charge in [-0.25, -0.2) is 4.98 Å². The van der Waals surface area contributed by atoms with Crippen LogP contribution in [0, 0.1) is 5.92 Å². The summed E-state index contributed by atoms with van der Waals surface area (Å²) in [7, 11) is 0. The summed E-state index contributed by atoms with van der Waals surface area (Å²) in [6.07, 6.45) is 3.13. The second-order valence-electron chi connectivity index (χ2n) is 5.43. The van der Waals surface area contributed by atoms with E-state index >= 15 is 0 Å². The summed E-state index contributed by atoms with van der Waals surface area (Å²) < 4.78 is 0. The van der Waals surface area contributed by atoms with E-state index < -0.39 is 0 Å². The van der Waals surface area contributed by atoms with Gasteiger partial charge in [0, 0.05) is 30.9 Å². The number of likely N-dealkylation sites (tertiary alicyclic amines) is 1. The van der Waals surface area contributed by atoms with Gasteiger partial charge in [0.05, 0.1) is 0 Å². The lowest BCUT2D eigenvalue weighted by Gasteiger charge is -2.17. The van der Waals surface area contributed by atoms with E-state index in [4.69, 9.17) is 0 Å². The van der Waals surface area contributed by atoms with Crippen LogP contribution in [-0.4, -0.2) is 35.4 Å². The lowest BCUT2D eigenvalue weighted by molar-refractivity contribution is 0.0786. The van der Waals surface area contributed by atoms with Gasteiger partial charge in [0.1, 0.15) is 5.82 Å². The van der Waals surface area contributed by atoms with Gasteiger partial charge in [0.25, 0.3) is 5.91 Å². The minimum atomic E-state index is 0.150. The second-order valence-corrected chi connectivity index (χ2v) is 5.43. The fourth-order valence-electron chi connectivity index (χ4n) is 2.70. The maximum atomic E-state index is 12.6. The van der Waals surface area contributed by atoms with Crippen molar-refractivity contribution in [1.82, 2.24) is 9.88 Å². The maximum Gasteiger partial charge on any atom is 0.254 e. The maximum absolute atomic E-state index is 12.6. The molecule has 1 aliphatic rings. The summed E-state index contributed by atoms with van der Waals surface area (Å²) in [4.78, 5) is 19.1. The molecule has 0 aliphatic carbocycles. The van der Waals surface area contributed by atoms with Crippen LogP contribution < -0.4 is 5.32 Å². The van der Waals surface area contributed by atoms with Crippen LogP contribution in [0.1, 0.15) is 49.7 Å². The fraction of sp³-hybridized carbons (Fsp3) is 0.625. The number of aryl methyl sites for hydroxylation is 1. The van der Waals surface area contributed by atoms with Crippen molar-refractivity contribution in [3.05, 3.63) is 23.4 Å². The van der Waals surface area contributed by atoms with Gasteiger partial charge < -0.3 is 10.2 Å². The first-order valence-electron chi connectivity index (χ1n) is 7.72. The van der Waals surface area contributed by atoms with Gasteiger partial charge in [-0.1, -0.05) is 20.3 Å². The summed E-state index contributed by atoms with van der Waals surface area (Å²) in [6, 6.07) is 3.81. The zero-order valence-electron chi connectivity index (χ0n) is 12.8. The SMILES string of the molecule is CCNc1cc(C(=O)N2CCC(CC)C2)cc(CC)n1. The van der Waals surface area contributed by atoms with E-state index in [2.05, 4.69) is 24.1 Å². The van der Waals surface area contributed by atoms with Crippen molar-refractivity contribution in [2.24, 2.45) is 5.92 Å². The minimum Gasteiger partial charge on any atom is -0.370 e. The summed E-state index contributed by atoms with van der Waals surface area (Å²) in [5.41, 5.74) is 1.74. The van der Waals surface area contributed by atoms with Crippen molar-refractivity contribution in [3.8, 4) is 0 Å². The van der Waals surface area contributed by atoms with E-state index in [1.165, 1.54) is 0 Å². The van der Waals surface area contributed by atoms with Crippen LogP contribution in [0.2, 0.25) is 0 Å². The Labute approximate surface area is 121 Å². The van der Waals surface area contributed by atoms with Crippen molar-refractivity contribution in [2.45, 2.75) is 40.0 Å². The van der Waals surface area contributed by atoms with E-state index in [1.807, 2.05) is 24.0 Å². The van der Waals surface area contributed by atoms with Crippen LogP contribution in [0.5, 0.6) is 0 Å². The highest BCUT2D eigenvalue weighted by molar-refractivity contribution is 5.95. The van der Waals surface area contributed by atoms with E-state index in [9.17, 15) is 4.79 Å². The summed E-state index contributed by atoms with van der Waals surface area (Å²) in [6.45, 7) is 8.90. The number of aromatic nitrogens is 1. The number of nitrogens with zero attached hydrogens (tertiary/aromatic N) is 2. The Balaban J connectivity index is 2.18. The molecule has 4 heteroatoms. The summed E-state index contributed by atoms with van der Waals surface area (Å²) in [5.74, 6) is 1.62. The van der Waals surface area contributed by atoms with Gasteiger partial charge in [-0.2, -0.15) is 0 Å². The Hall–Kier alpha value is -1.58. The number of carbonyl (C=O) groups is 1. The standard InChI is InChI=1S/C16H25N3O/c1-4-12-7-8-19(11-12)16(20)13-9-14(5-2)18-15(10-13)17-6-3/h9-10,12H,4-8,11H2,1-3H3,(H,17,18). The Morgan fingerprint density at radius 1 is 1.40 bits per heavy atom. The zero-order chi connectivity index (χ0) is 14.5. The summed E-state index contributed by atoms with van der Waals surface area (Å²) >= 11 is 0. The number of nitrogens with one attached hydrogen (secondary N) is 1. The highest BCUT2D eigenvalue weighted by Gasteiger charge is 2.26. The van der Waals surface area contributed by atoms with E-state index in [0.29, 0.717) is 5.92 Å². The largest absolute Gasteiger partial charge is 0.370 e. The van der Waals surface area contributed by atoms with Crippen LogP contribution in [0.15, 0.2) is 12.1 Å². The predicted octanol–water partition coefficient (Wildman–Crippen LogP) is 2.95. The van der Waals surface area contributed by atoms with Crippen LogP contribution in [0.3, 0.4) is 0 Å². The van der Waals surface area contributed by atoms with E-state index in [1.54, 1.807) is 0 Å². The molecule has 0 spiro atoms. The zero-order valence-corrected chi connectivity index (χ0v) is 12.8. The molecule has 0 radical (unpaired) electrons. The van der Waals surface area contributed by atoms with Crippen molar-refractivity contribution in [3.63, 3.8) is 0 Å². The molecule has 1 aromatic heterocycles. The minimum absolute atomic E-state index is 0.150. The lowest BCUT2D eigenvalue weighted by Crippen LogP contribution is -2.29. The van der Waals surface area contributed by atoms with Crippen molar-refractivity contribution in [2.75, 3.05) is 25.0 Å². The molecule has 0 bridgehead atoms. The van der Waals surface area contributed by atoms with Crippen molar-refractivity contribution in [1.29, 1.82) is 0 Å². The fourth-order valence-corrected chi connectivity index (χ4v) is 2.70. The molecule has 110 valence electrons. The number of anilines is 1. The molecule has 1 N–H and O–H groups in total. The Kier molecular flexibility index (Phi) is 4.99. The number of hydrogen-bond acceptors (Lipinski definition) is 3. The monoisotopic (exact) mass is 275 g/mol. The highest BCUT2D eigenvalue weighted by Crippen LogP contribution is 2.22. The first kappa shape index (κ1) is 14.8. The molecular formula is C16H25N3O. The molecule has 2 heterocycles. The number of hydrogen-bond donors (Lipinski definition) is 1. The quantitative estimate of drug-likeness (QED) is 0.898. The van der Waals surface area contributed by atoms with Gasteiger partial charge in [0.15, 0.2) is 0 Å². The molecule has 1 aromatic rings. The number of rotatable bonds is 5. The van der Waals surface area contributed by atoms with Crippen LogP contribution in [0.4, 0.5) is 5.82 Å². The van der Waals surface area contributed by atoms with E-state index in [-0.39, 0.29) is 5.91 Å². The number of carbonyl (C=O) groups excluding carboxylic acids is 1. The third kappa shape index (κ3) is 3.30. The average Bonchev–Trinajstić information content (AvgIpc) is 2.95. The molecule has 1 fully saturated rings. The molecule has 1 saturated heterocycles. The topological polar surface area (TPSA) is 45.2 Å². The second kappa shape index (κ2) is 6.73. The first-order valence-corrected chi connectivity index (χ1v) is 7.72. The van der Waals surface area contributed by atoms with Gasteiger partial charge in [-0.15, -0.1) is 0 Å². The van der Waals surface area contributed by atoms with Gasteiger partial charge in [-0.05, 0) is 37.8 Å². The Morgan fingerprint density at radius 3 is 2.80 bits per heavy atom. The van der Waals surface area contributed by atoms with Crippen molar-refractivity contribution < 1.29 is 4.79 Å². The predicted molar refractivity (Wildman–Crippen MR) is 82.1 cm³/mol. The smallest absolute Gasteiger partial charge is 0.254 e. The highest BCUT2D eigenvalue weighted by atomic mass is 16.2. The average molecular weight is 275 g/mol. The molecule has 4 nitrogen and oxygen atoms in total. The third-order valence-corrected chi connectivity index (χ3v) is 4.00. The number of amides is 1. The molecule has 1 unspecified atom stereocenters. The molecule has 20 heavy (non-hydrogen) atoms. The van der Waals surface area contributed by atoms with Crippen LogP contribution in [0.25, 0.3) is 0 Å². The molecule has 2 rings (SSSR count). The van der Waals surface area contributed by atoms with Crippen LogP contribution >= 0.6 is 0 Å². The van der Waals surface area contributed by atoms with Crippen LogP contribution in [-0.2, 0) is 6.42 Å².